The van der Waals surface area contributed by atoms with Gasteiger partial charge in [-0.05, 0) is 55.2 Å². The molecule has 0 fully saturated rings. The van der Waals surface area contributed by atoms with E-state index in [2.05, 4.69) is 26.1 Å². The van der Waals surface area contributed by atoms with Gasteiger partial charge in [-0.2, -0.15) is 0 Å². The van der Waals surface area contributed by atoms with Crippen molar-refractivity contribution >= 4 is 28.2 Å². The Morgan fingerprint density at radius 3 is 2.32 bits per heavy atom. The van der Waals surface area contributed by atoms with Crippen LogP contribution in [0.25, 0.3) is 0 Å². The van der Waals surface area contributed by atoms with Crippen LogP contribution in [0.1, 0.15) is 65.3 Å². The average molecular weight is 446 g/mol. The highest BCUT2D eigenvalue weighted by Crippen LogP contribution is 2.44. The van der Waals surface area contributed by atoms with Crippen LogP contribution in [0.5, 0.6) is 11.5 Å². The molecule has 1 N–H and O–H groups in total. The van der Waals surface area contributed by atoms with E-state index in [9.17, 15) is 9.59 Å². The largest absolute Gasteiger partial charge is 0.497 e. The lowest BCUT2D eigenvalue weighted by Gasteiger charge is -2.33. The normalized spacial score (nSPS) is 15.7. The summed E-state index contributed by atoms with van der Waals surface area (Å²) in [5.41, 5.74) is 2.09. The smallest absolute Gasteiger partial charge is 0.341 e. The van der Waals surface area contributed by atoms with Crippen molar-refractivity contribution < 1.29 is 23.8 Å². The van der Waals surface area contributed by atoms with E-state index < -0.39 is 0 Å². The lowest BCUT2D eigenvalue weighted by molar-refractivity contribution is 0.0526. The van der Waals surface area contributed by atoms with Crippen LogP contribution in [-0.2, 0) is 17.6 Å². The fourth-order valence-electron chi connectivity index (χ4n) is 3.95. The number of amides is 1. The number of ether oxygens (including phenoxy) is 3. The van der Waals surface area contributed by atoms with Gasteiger partial charge in [0.2, 0.25) is 0 Å². The van der Waals surface area contributed by atoms with Gasteiger partial charge in [-0.25, -0.2) is 4.79 Å². The van der Waals surface area contributed by atoms with Crippen LogP contribution in [0.2, 0.25) is 0 Å². The third-order valence-electron chi connectivity index (χ3n) is 5.81. The van der Waals surface area contributed by atoms with Gasteiger partial charge in [-0.15, -0.1) is 11.3 Å². The minimum Gasteiger partial charge on any atom is -0.497 e. The summed E-state index contributed by atoms with van der Waals surface area (Å²) in [6, 6.07) is 4.99. The predicted octanol–water partition coefficient (Wildman–Crippen LogP) is 5.35. The zero-order chi connectivity index (χ0) is 22.8. The van der Waals surface area contributed by atoms with E-state index >= 15 is 0 Å². The molecule has 0 radical (unpaired) electrons. The second-order valence-electron chi connectivity index (χ2n) is 8.79. The molecule has 31 heavy (non-hydrogen) atoms. The SMILES string of the molecule is CCOC(=O)c1c(NC(=O)c2cc(OC)cc(OC)c2)sc2c1CC[C@@H](C(C)(C)C)C2. The first-order valence-corrected chi connectivity index (χ1v) is 11.4. The minimum absolute atomic E-state index is 0.187. The number of hydrogen-bond acceptors (Lipinski definition) is 6. The predicted molar refractivity (Wildman–Crippen MR) is 123 cm³/mol. The van der Waals surface area contributed by atoms with Crippen molar-refractivity contribution in [3.8, 4) is 11.5 Å². The van der Waals surface area contributed by atoms with Crippen molar-refractivity contribution in [1.29, 1.82) is 0 Å². The topological polar surface area (TPSA) is 73.9 Å². The highest BCUT2D eigenvalue weighted by atomic mass is 32.1. The molecule has 0 saturated carbocycles. The third kappa shape index (κ3) is 5.03. The maximum Gasteiger partial charge on any atom is 0.341 e. The molecule has 1 aliphatic carbocycles. The highest BCUT2D eigenvalue weighted by molar-refractivity contribution is 7.17. The van der Waals surface area contributed by atoms with Crippen LogP contribution in [-0.4, -0.2) is 32.7 Å². The van der Waals surface area contributed by atoms with Crippen molar-refractivity contribution in [3.63, 3.8) is 0 Å². The Balaban J connectivity index is 1.96. The molecule has 3 rings (SSSR count). The Hall–Kier alpha value is -2.54. The Labute approximate surface area is 187 Å². The van der Waals surface area contributed by atoms with E-state index in [4.69, 9.17) is 14.2 Å². The van der Waals surface area contributed by atoms with Gasteiger partial charge < -0.3 is 19.5 Å². The minimum atomic E-state index is -0.382. The number of rotatable bonds is 6. The first-order valence-electron chi connectivity index (χ1n) is 10.5. The zero-order valence-electron chi connectivity index (χ0n) is 19.1. The number of nitrogens with one attached hydrogen (secondary N) is 1. The first kappa shape index (κ1) is 23.1. The fourth-order valence-corrected chi connectivity index (χ4v) is 5.26. The Bertz CT molecular complexity index is 951. The van der Waals surface area contributed by atoms with Gasteiger partial charge in [0.15, 0.2) is 0 Å². The van der Waals surface area contributed by atoms with Gasteiger partial charge in [0.1, 0.15) is 16.5 Å². The molecule has 0 aliphatic heterocycles. The van der Waals surface area contributed by atoms with Crippen LogP contribution in [0.3, 0.4) is 0 Å². The van der Waals surface area contributed by atoms with Crippen molar-refractivity contribution in [2.24, 2.45) is 11.3 Å². The summed E-state index contributed by atoms with van der Waals surface area (Å²) in [5.74, 6) is 0.864. The van der Waals surface area contributed by atoms with E-state index in [1.807, 2.05) is 0 Å². The van der Waals surface area contributed by atoms with Gasteiger partial charge in [0.05, 0.1) is 26.4 Å². The van der Waals surface area contributed by atoms with Crippen molar-refractivity contribution in [3.05, 3.63) is 39.8 Å². The molecule has 6 nitrogen and oxygen atoms in total. The Kier molecular flexibility index (Phi) is 6.94. The molecule has 2 aromatic rings. The lowest BCUT2D eigenvalue weighted by Crippen LogP contribution is -2.26. The molecule has 0 saturated heterocycles. The van der Waals surface area contributed by atoms with Crippen molar-refractivity contribution in [2.75, 3.05) is 26.1 Å². The molecule has 7 heteroatoms. The van der Waals surface area contributed by atoms with Gasteiger partial charge in [0, 0.05) is 16.5 Å². The van der Waals surface area contributed by atoms with Crippen LogP contribution in [0, 0.1) is 11.3 Å². The lowest BCUT2D eigenvalue weighted by atomic mass is 9.72. The monoisotopic (exact) mass is 445 g/mol. The quantitative estimate of drug-likeness (QED) is 0.607. The van der Waals surface area contributed by atoms with Crippen LogP contribution in [0.15, 0.2) is 18.2 Å². The zero-order valence-corrected chi connectivity index (χ0v) is 19.9. The third-order valence-corrected chi connectivity index (χ3v) is 6.98. The number of esters is 1. The molecule has 1 aliphatic rings. The number of fused-ring (bicyclic) bond motifs is 1. The van der Waals surface area contributed by atoms with Gasteiger partial charge >= 0.3 is 5.97 Å². The number of thiophene rings is 1. The maximum absolute atomic E-state index is 13.1. The fraction of sp³-hybridized carbons (Fsp3) is 0.500. The summed E-state index contributed by atoms with van der Waals surface area (Å²) in [6.45, 7) is 8.83. The second kappa shape index (κ2) is 9.30. The average Bonchev–Trinajstić information content (AvgIpc) is 3.09. The van der Waals surface area contributed by atoms with E-state index in [1.165, 1.54) is 25.6 Å². The number of benzene rings is 1. The van der Waals surface area contributed by atoms with Gasteiger partial charge in [0.25, 0.3) is 5.91 Å². The molecule has 0 bridgehead atoms. The molecule has 1 atom stereocenters. The molecule has 0 unspecified atom stereocenters. The Morgan fingerprint density at radius 1 is 1.13 bits per heavy atom. The summed E-state index contributed by atoms with van der Waals surface area (Å²) in [6.07, 6.45) is 2.73. The number of hydrogen-bond donors (Lipinski definition) is 1. The highest BCUT2D eigenvalue weighted by Gasteiger charge is 2.34. The van der Waals surface area contributed by atoms with E-state index in [1.54, 1.807) is 25.1 Å². The Morgan fingerprint density at radius 2 is 1.77 bits per heavy atom. The summed E-state index contributed by atoms with van der Waals surface area (Å²) in [7, 11) is 3.07. The van der Waals surface area contributed by atoms with Gasteiger partial charge in [-0.1, -0.05) is 20.8 Å². The maximum atomic E-state index is 13.1. The molecular formula is C24H31NO5S. The summed E-state index contributed by atoms with van der Waals surface area (Å²) < 4.78 is 15.9. The number of carbonyl (C=O) groups is 2. The second-order valence-corrected chi connectivity index (χ2v) is 9.89. The van der Waals surface area contributed by atoms with E-state index in [-0.39, 0.29) is 23.9 Å². The molecule has 1 heterocycles. The standard InChI is InChI=1S/C24H31NO5S/c1-7-30-23(27)20-18-9-8-15(24(2,3)4)12-19(18)31-22(20)25-21(26)14-10-16(28-5)13-17(11-14)29-6/h10-11,13,15H,7-9,12H2,1-6H3,(H,25,26)/t15-/m1/s1. The first-order chi connectivity index (χ1) is 14.7. The summed E-state index contributed by atoms with van der Waals surface area (Å²) >= 11 is 1.48. The molecule has 1 aromatic carbocycles. The van der Waals surface area contributed by atoms with Crippen LogP contribution < -0.4 is 14.8 Å². The number of carbonyl (C=O) groups excluding carboxylic acids is 2. The molecular weight excluding hydrogens is 414 g/mol. The molecule has 168 valence electrons. The number of methoxy groups -OCH3 is 2. The molecule has 1 aromatic heterocycles. The van der Waals surface area contributed by atoms with E-state index in [0.29, 0.717) is 33.5 Å². The van der Waals surface area contributed by atoms with E-state index in [0.717, 1.165) is 29.7 Å². The molecule has 0 spiro atoms. The van der Waals surface area contributed by atoms with Crippen molar-refractivity contribution in [1.82, 2.24) is 0 Å². The summed E-state index contributed by atoms with van der Waals surface area (Å²) in [4.78, 5) is 27.0. The summed E-state index contributed by atoms with van der Waals surface area (Å²) in [5, 5.41) is 3.49. The van der Waals surface area contributed by atoms with Crippen LogP contribution >= 0.6 is 11.3 Å². The van der Waals surface area contributed by atoms with Crippen LogP contribution in [0.4, 0.5) is 5.00 Å². The van der Waals surface area contributed by atoms with Gasteiger partial charge in [-0.3, -0.25) is 4.79 Å². The van der Waals surface area contributed by atoms with Crippen molar-refractivity contribution in [2.45, 2.75) is 47.0 Å². The number of anilines is 1. The molecule has 1 amide bonds.